The maximum absolute atomic E-state index is 13.5. The summed E-state index contributed by atoms with van der Waals surface area (Å²) in [4.78, 5) is 36.1. The van der Waals surface area contributed by atoms with E-state index < -0.39 is 17.7 Å². The first-order valence-electron chi connectivity index (χ1n) is 12.4. The summed E-state index contributed by atoms with van der Waals surface area (Å²) in [7, 11) is 2.99. The number of anilines is 2. The van der Waals surface area contributed by atoms with Crippen molar-refractivity contribution in [3.05, 3.63) is 75.6 Å². The lowest BCUT2D eigenvalue weighted by Gasteiger charge is -2.34. The van der Waals surface area contributed by atoms with Crippen LogP contribution < -0.4 is 25.2 Å². The molecule has 2 aromatic carbocycles. The van der Waals surface area contributed by atoms with E-state index in [-0.39, 0.29) is 16.9 Å². The Morgan fingerprint density at radius 2 is 1.81 bits per heavy atom. The van der Waals surface area contributed by atoms with Crippen LogP contribution >= 0.6 is 0 Å². The SMILES string of the molecule is COc1cccc(C2c3c(nc(N4CCC(Cc5ccccc5)CC4)[nH]c3=O)NC(=O)C2C#N)c1OC. The van der Waals surface area contributed by atoms with Crippen molar-refractivity contribution in [3.63, 3.8) is 0 Å². The van der Waals surface area contributed by atoms with Gasteiger partial charge in [0.15, 0.2) is 11.5 Å². The second-order valence-electron chi connectivity index (χ2n) is 9.43. The van der Waals surface area contributed by atoms with Gasteiger partial charge in [0.25, 0.3) is 5.56 Å². The van der Waals surface area contributed by atoms with Crippen LogP contribution in [0.1, 0.15) is 35.4 Å². The lowest BCUT2D eigenvalue weighted by Crippen LogP contribution is -2.41. The minimum absolute atomic E-state index is 0.177. The molecule has 9 heteroatoms. The zero-order chi connectivity index (χ0) is 25.9. The van der Waals surface area contributed by atoms with Gasteiger partial charge in [-0.15, -0.1) is 0 Å². The van der Waals surface area contributed by atoms with Crippen LogP contribution in [0.2, 0.25) is 0 Å². The minimum atomic E-state index is -1.13. The highest BCUT2D eigenvalue weighted by Gasteiger charge is 2.42. The molecule has 2 aliphatic heterocycles. The lowest BCUT2D eigenvalue weighted by atomic mass is 9.78. The summed E-state index contributed by atoms with van der Waals surface area (Å²) >= 11 is 0. The molecule has 2 atom stereocenters. The van der Waals surface area contributed by atoms with Crippen molar-refractivity contribution >= 4 is 17.7 Å². The number of fused-ring (bicyclic) bond motifs is 1. The number of hydrogen-bond acceptors (Lipinski definition) is 7. The number of ether oxygens (including phenoxy) is 2. The third kappa shape index (κ3) is 4.62. The van der Waals surface area contributed by atoms with Gasteiger partial charge in [-0.3, -0.25) is 14.6 Å². The topological polar surface area (TPSA) is 120 Å². The molecule has 1 amide bonds. The van der Waals surface area contributed by atoms with E-state index in [1.807, 2.05) is 11.0 Å². The van der Waals surface area contributed by atoms with E-state index in [9.17, 15) is 14.9 Å². The number of rotatable bonds is 6. The van der Waals surface area contributed by atoms with Crippen LogP contribution in [-0.2, 0) is 11.2 Å². The average molecular weight is 500 g/mol. The Kier molecular flexibility index (Phi) is 6.82. The number of hydrogen-bond donors (Lipinski definition) is 2. The number of nitriles is 1. The number of nitrogens with zero attached hydrogens (tertiary/aromatic N) is 3. The highest BCUT2D eigenvalue weighted by Crippen LogP contribution is 2.44. The van der Waals surface area contributed by atoms with Gasteiger partial charge in [-0.2, -0.15) is 10.2 Å². The van der Waals surface area contributed by atoms with Crippen LogP contribution in [0.4, 0.5) is 11.8 Å². The number of carbonyl (C=O) groups excluding carboxylic acids is 1. The Morgan fingerprint density at radius 3 is 2.49 bits per heavy atom. The second kappa shape index (κ2) is 10.3. The van der Waals surface area contributed by atoms with Gasteiger partial charge in [0.05, 0.1) is 25.9 Å². The van der Waals surface area contributed by atoms with Gasteiger partial charge in [0.2, 0.25) is 11.9 Å². The van der Waals surface area contributed by atoms with Crippen molar-refractivity contribution in [1.82, 2.24) is 9.97 Å². The third-order valence-corrected chi connectivity index (χ3v) is 7.30. The predicted octanol–water partition coefficient (Wildman–Crippen LogP) is 3.47. The van der Waals surface area contributed by atoms with Gasteiger partial charge in [-0.1, -0.05) is 42.5 Å². The number of aromatic amines is 1. The molecule has 0 bridgehead atoms. The minimum Gasteiger partial charge on any atom is -0.493 e. The number of carbonyl (C=O) groups is 1. The summed E-state index contributed by atoms with van der Waals surface area (Å²) in [5, 5.41) is 12.6. The maximum atomic E-state index is 13.5. The molecule has 0 saturated carbocycles. The number of benzene rings is 2. The van der Waals surface area contributed by atoms with Crippen molar-refractivity contribution in [3.8, 4) is 17.6 Å². The normalized spacial score (nSPS) is 19.5. The summed E-state index contributed by atoms with van der Waals surface area (Å²) in [6.45, 7) is 1.50. The molecule has 3 aromatic rings. The van der Waals surface area contributed by atoms with Crippen LogP contribution in [0.25, 0.3) is 0 Å². The van der Waals surface area contributed by atoms with Gasteiger partial charge < -0.3 is 19.7 Å². The number of methoxy groups -OCH3 is 2. The Morgan fingerprint density at radius 1 is 1.05 bits per heavy atom. The molecule has 2 N–H and O–H groups in total. The molecule has 37 heavy (non-hydrogen) atoms. The first kappa shape index (κ1) is 24.4. The molecule has 0 spiro atoms. The number of H-pyrrole nitrogens is 1. The van der Waals surface area contributed by atoms with Gasteiger partial charge in [0, 0.05) is 24.6 Å². The summed E-state index contributed by atoms with van der Waals surface area (Å²) < 4.78 is 11.0. The van der Waals surface area contributed by atoms with Gasteiger partial charge in [-0.05, 0) is 36.8 Å². The van der Waals surface area contributed by atoms with Crippen molar-refractivity contribution in [2.24, 2.45) is 11.8 Å². The highest BCUT2D eigenvalue weighted by atomic mass is 16.5. The fourth-order valence-electron chi connectivity index (χ4n) is 5.44. The lowest BCUT2D eigenvalue weighted by molar-refractivity contribution is -0.119. The molecule has 0 aliphatic carbocycles. The summed E-state index contributed by atoms with van der Waals surface area (Å²) in [5.41, 5.74) is 1.70. The molecule has 2 aliphatic rings. The van der Waals surface area contributed by atoms with Crippen LogP contribution in [0.5, 0.6) is 11.5 Å². The van der Waals surface area contributed by atoms with Crippen molar-refractivity contribution in [2.45, 2.75) is 25.2 Å². The molecule has 1 aromatic heterocycles. The molecule has 1 saturated heterocycles. The van der Waals surface area contributed by atoms with Crippen molar-refractivity contribution in [1.29, 1.82) is 5.26 Å². The van der Waals surface area contributed by atoms with Gasteiger partial charge in [-0.25, -0.2) is 0 Å². The number of amides is 1. The fourth-order valence-corrected chi connectivity index (χ4v) is 5.44. The molecule has 1 fully saturated rings. The molecular formula is C28H29N5O4. The Labute approximate surface area is 215 Å². The van der Waals surface area contributed by atoms with E-state index >= 15 is 0 Å². The molecule has 9 nitrogen and oxygen atoms in total. The van der Waals surface area contributed by atoms with E-state index in [1.54, 1.807) is 18.2 Å². The van der Waals surface area contributed by atoms with Crippen molar-refractivity contribution < 1.29 is 14.3 Å². The van der Waals surface area contributed by atoms with Crippen LogP contribution in [0, 0.1) is 23.2 Å². The summed E-state index contributed by atoms with van der Waals surface area (Å²) in [6.07, 6.45) is 2.98. The van der Waals surface area contributed by atoms with Crippen LogP contribution in [0.15, 0.2) is 53.3 Å². The maximum Gasteiger partial charge on any atom is 0.258 e. The third-order valence-electron chi connectivity index (χ3n) is 7.30. The largest absolute Gasteiger partial charge is 0.493 e. The van der Waals surface area contributed by atoms with E-state index in [2.05, 4.69) is 45.6 Å². The van der Waals surface area contributed by atoms with E-state index in [1.165, 1.54) is 19.8 Å². The summed E-state index contributed by atoms with van der Waals surface area (Å²) in [5.74, 6) is -0.509. The Hall–Kier alpha value is -4.32. The van der Waals surface area contributed by atoms with E-state index in [4.69, 9.17) is 9.47 Å². The first-order chi connectivity index (χ1) is 18.0. The molecule has 5 rings (SSSR count). The molecule has 3 heterocycles. The quantitative estimate of drug-likeness (QED) is 0.533. The number of piperidine rings is 1. The van der Waals surface area contributed by atoms with Gasteiger partial charge >= 0.3 is 0 Å². The fraction of sp³-hybridized carbons (Fsp3) is 0.357. The number of nitrogens with one attached hydrogen (secondary N) is 2. The molecule has 0 radical (unpaired) electrons. The Balaban J connectivity index is 1.45. The highest BCUT2D eigenvalue weighted by molar-refractivity contribution is 5.98. The molecule has 190 valence electrons. The van der Waals surface area contributed by atoms with E-state index in [0.717, 1.165) is 32.4 Å². The first-order valence-corrected chi connectivity index (χ1v) is 12.4. The van der Waals surface area contributed by atoms with Gasteiger partial charge in [0.1, 0.15) is 11.7 Å². The zero-order valence-electron chi connectivity index (χ0n) is 20.9. The smallest absolute Gasteiger partial charge is 0.258 e. The van der Waals surface area contributed by atoms with Crippen LogP contribution in [0.3, 0.4) is 0 Å². The summed E-state index contributed by atoms with van der Waals surface area (Å²) in [6, 6.07) is 17.7. The number of aromatic nitrogens is 2. The van der Waals surface area contributed by atoms with Crippen molar-refractivity contribution in [2.75, 3.05) is 37.5 Å². The molecule has 2 unspecified atom stereocenters. The monoisotopic (exact) mass is 499 g/mol. The average Bonchev–Trinajstić information content (AvgIpc) is 2.92. The zero-order valence-corrected chi connectivity index (χ0v) is 20.9. The predicted molar refractivity (Wildman–Crippen MR) is 139 cm³/mol. The van der Waals surface area contributed by atoms with E-state index in [0.29, 0.717) is 28.9 Å². The van der Waals surface area contributed by atoms with Crippen LogP contribution in [-0.4, -0.2) is 43.2 Å². The second-order valence-corrected chi connectivity index (χ2v) is 9.43. The molecular weight excluding hydrogens is 470 g/mol. The number of para-hydroxylation sites is 1. The Bertz CT molecular complexity index is 1390. The standard InChI is InChI=1S/C28H29N5O4/c1-36-21-10-6-9-19(24(21)37-2)22-20(16-29)26(34)30-25-23(22)27(35)32-28(31-25)33-13-11-18(12-14-33)15-17-7-4-3-5-8-17/h3-10,18,20,22H,11-15H2,1-2H3,(H2,30,31,32,34,35).